The number of thiophene rings is 1. The highest BCUT2D eigenvalue weighted by Crippen LogP contribution is 2.44. The minimum atomic E-state index is 0.318. The van der Waals surface area contributed by atoms with E-state index in [9.17, 15) is 5.26 Å². The van der Waals surface area contributed by atoms with Gasteiger partial charge in [-0.2, -0.15) is 5.26 Å². The van der Waals surface area contributed by atoms with Crippen molar-refractivity contribution in [1.82, 2.24) is 0 Å². The van der Waals surface area contributed by atoms with E-state index >= 15 is 0 Å². The number of aliphatic imine (C=N–C) groups is 1. The Morgan fingerprint density at radius 1 is 1.38 bits per heavy atom. The lowest BCUT2D eigenvalue weighted by Gasteiger charge is -2.33. The molecule has 2 aromatic rings. The van der Waals surface area contributed by atoms with Crippen molar-refractivity contribution in [3.8, 4) is 6.07 Å². The monoisotopic (exact) mass is 448 g/mol. The predicted octanol–water partition coefficient (Wildman–Crippen LogP) is 6.13. The fourth-order valence-corrected chi connectivity index (χ4v) is 5.03. The Hall–Kier alpha value is -1.19. The van der Waals surface area contributed by atoms with Crippen LogP contribution >= 0.6 is 33.9 Å². The maximum absolute atomic E-state index is 9.61. The molecule has 0 spiro atoms. The molecule has 2 nitrogen and oxygen atoms in total. The molecular weight excluding hydrogens is 427 g/mol. The van der Waals surface area contributed by atoms with Gasteiger partial charge >= 0.3 is 0 Å². The van der Waals surface area contributed by atoms with Crippen molar-refractivity contribution < 1.29 is 0 Å². The molecular formula is C20H21IN2S. The van der Waals surface area contributed by atoms with Crippen molar-refractivity contribution in [2.75, 3.05) is 0 Å². The molecule has 0 saturated carbocycles. The molecule has 0 aliphatic heterocycles. The van der Waals surface area contributed by atoms with Gasteiger partial charge in [-0.15, -0.1) is 11.3 Å². The summed E-state index contributed by atoms with van der Waals surface area (Å²) in [6.07, 6.45) is 5.13. The second-order valence-corrected chi connectivity index (χ2v) is 9.74. The van der Waals surface area contributed by atoms with Crippen LogP contribution in [0.4, 0.5) is 5.00 Å². The molecule has 1 aliphatic carbocycles. The molecule has 0 saturated heterocycles. The number of hydrogen-bond acceptors (Lipinski definition) is 3. The molecule has 1 aliphatic rings. The first-order valence-corrected chi connectivity index (χ1v) is 10.1. The zero-order chi connectivity index (χ0) is 17.3. The van der Waals surface area contributed by atoms with Crippen LogP contribution < -0.4 is 0 Å². The molecule has 1 atom stereocenters. The molecule has 0 N–H and O–H groups in total. The lowest BCUT2D eigenvalue weighted by atomic mass is 9.72. The van der Waals surface area contributed by atoms with Gasteiger partial charge in [0.1, 0.15) is 11.1 Å². The molecule has 0 amide bonds. The van der Waals surface area contributed by atoms with E-state index in [1.807, 2.05) is 18.3 Å². The normalized spacial score (nSPS) is 17.7. The molecule has 3 rings (SSSR count). The Labute approximate surface area is 161 Å². The highest BCUT2D eigenvalue weighted by Gasteiger charge is 2.32. The van der Waals surface area contributed by atoms with Crippen LogP contribution in [0.25, 0.3) is 0 Å². The number of nitriles is 1. The first-order valence-electron chi connectivity index (χ1n) is 8.22. The minimum absolute atomic E-state index is 0.318. The molecule has 124 valence electrons. The molecule has 0 bridgehead atoms. The van der Waals surface area contributed by atoms with Crippen LogP contribution in [0.2, 0.25) is 0 Å². The average Bonchev–Trinajstić information content (AvgIpc) is 2.88. The molecule has 1 aromatic carbocycles. The van der Waals surface area contributed by atoms with Gasteiger partial charge in [-0.05, 0) is 76.4 Å². The number of benzene rings is 1. The third-order valence-electron chi connectivity index (χ3n) is 4.76. The Kier molecular flexibility index (Phi) is 5.12. The summed E-state index contributed by atoms with van der Waals surface area (Å²) in [4.78, 5) is 6.02. The van der Waals surface area contributed by atoms with Gasteiger partial charge in [0.2, 0.25) is 0 Å². The van der Waals surface area contributed by atoms with Gasteiger partial charge in [0, 0.05) is 14.7 Å². The van der Waals surface area contributed by atoms with Crippen molar-refractivity contribution in [3.05, 3.63) is 49.4 Å². The zero-order valence-corrected chi connectivity index (χ0v) is 17.2. The largest absolute Gasteiger partial charge is 0.244 e. The molecule has 24 heavy (non-hydrogen) atoms. The molecule has 1 aromatic heterocycles. The summed E-state index contributed by atoms with van der Waals surface area (Å²) in [6.45, 7) is 6.95. The van der Waals surface area contributed by atoms with Crippen LogP contribution in [-0.2, 0) is 12.8 Å². The summed E-state index contributed by atoms with van der Waals surface area (Å²) in [5.41, 5.74) is 3.44. The van der Waals surface area contributed by atoms with Gasteiger partial charge in [0.25, 0.3) is 0 Å². The van der Waals surface area contributed by atoms with E-state index in [-0.39, 0.29) is 0 Å². The van der Waals surface area contributed by atoms with Crippen LogP contribution in [0.15, 0.2) is 29.3 Å². The van der Waals surface area contributed by atoms with E-state index in [1.54, 1.807) is 11.3 Å². The summed E-state index contributed by atoms with van der Waals surface area (Å²) in [5.74, 6) is 0.683. The van der Waals surface area contributed by atoms with Gasteiger partial charge in [-0.3, -0.25) is 0 Å². The van der Waals surface area contributed by atoms with Crippen molar-refractivity contribution in [2.45, 2.75) is 40.0 Å². The second-order valence-electron chi connectivity index (χ2n) is 7.41. The summed E-state index contributed by atoms with van der Waals surface area (Å²) in [5, 5.41) is 10.5. The van der Waals surface area contributed by atoms with Crippen molar-refractivity contribution in [2.24, 2.45) is 16.3 Å². The van der Waals surface area contributed by atoms with E-state index in [0.717, 1.165) is 29.0 Å². The Bertz CT molecular complexity index is 821. The third-order valence-corrected chi connectivity index (χ3v) is 6.60. The van der Waals surface area contributed by atoms with E-state index in [1.165, 1.54) is 20.4 Å². The summed E-state index contributed by atoms with van der Waals surface area (Å²) in [7, 11) is 0. The number of fused-ring (bicyclic) bond motifs is 1. The highest BCUT2D eigenvalue weighted by atomic mass is 127. The van der Waals surface area contributed by atoms with Gasteiger partial charge in [-0.25, -0.2) is 4.99 Å². The lowest BCUT2D eigenvalue weighted by molar-refractivity contribution is 0.218. The van der Waals surface area contributed by atoms with Crippen LogP contribution in [0.5, 0.6) is 0 Å². The Morgan fingerprint density at radius 2 is 2.17 bits per heavy atom. The molecule has 4 heteroatoms. The molecule has 1 heterocycles. The lowest BCUT2D eigenvalue weighted by Crippen LogP contribution is -2.26. The number of halogens is 1. The SMILES string of the molecule is CC(C)(C)[C@H]1CCc2c(sc(N=Cc3cccc(I)c3)c2C#N)C1. The Balaban J connectivity index is 1.91. The minimum Gasteiger partial charge on any atom is -0.244 e. The number of nitrogens with zero attached hydrogens (tertiary/aromatic N) is 2. The maximum atomic E-state index is 9.61. The van der Waals surface area contributed by atoms with Crippen molar-refractivity contribution >= 4 is 45.1 Å². The van der Waals surface area contributed by atoms with Crippen LogP contribution in [0.1, 0.15) is 48.8 Å². The van der Waals surface area contributed by atoms with E-state index in [0.29, 0.717) is 11.3 Å². The maximum Gasteiger partial charge on any atom is 0.134 e. The molecule has 0 radical (unpaired) electrons. The quantitative estimate of drug-likeness (QED) is 0.403. The predicted molar refractivity (Wildman–Crippen MR) is 110 cm³/mol. The fourth-order valence-electron chi connectivity index (χ4n) is 3.24. The van der Waals surface area contributed by atoms with Gasteiger partial charge in [-0.1, -0.05) is 32.9 Å². The van der Waals surface area contributed by atoms with E-state index in [4.69, 9.17) is 0 Å². The van der Waals surface area contributed by atoms with Gasteiger partial charge < -0.3 is 0 Å². The van der Waals surface area contributed by atoms with Crippen LogP contribution in [0, 0.1) is 26.2 Å². The smallest absolute Gasteiger partial charge is 0.134 e. The van der Waals surface area contributed by atoms with Crippen molar-refractivity contribution in [1.29, 1.82) is 5.26 Å². The molecule has 0 unspecified atom stereocenters. The van der Waals surface area contributed by atoms with Gasteiger partial charge in [0.15, 0.2) is 0 Å². The van der Waals surface area contributed by atoms with Crippen LogP contribution in [-0.4, -0.2) is 6.21 Å². The summed E-state index contributed by atoms with van der Waals surface area (Å²) >= 11 is 4.01. The highest BCUT2D eigenvalue weighted by molar-refractivity contribution is 14.1. The van der Waals surface area contributed by atoms with E-state index in [2.05, 4.69) is 66.6 Å². The topological polar surface area (TPSA) is 36.1 Å². The van der Waals surface area contributed by atoms with E-state index < -0.39 is 0 Å². The third kappa shape index (κ3) is 3.73. The summed E-state index contributed by atoms with van der Waals surface area (Å²) < 4.78 is 1.19. The average molecular weight is 448 g/mol. The fraction of sp³-hybridized carbons (Fsp3) is 0.400. The molecule has 0 fully saturated rings. The Morgan fingerprint density at radius 3 is 2.83 bits per heavy atom. The first-order chi connectivity index (χ1) is 11.4. The summed E-state index contributed by atoms with van der Waals surface area (Å²) in [6, 6.07) is 10.6. The van der Waals surface area contributed by atoms with Gasteiger partial charge in [0.05, 0.1) is 5.56 Å². The second kappa shape index (κ2) is 6.97. The van der Waals surface area contributed by atoms with Crippen LogP contribution in [0.3, 0.4) is 0 Å². The standard InChI is InChI=1S/C20H21IN2S/c1-20(2,3)14-7-8-16-17(11-22)19(24-18(16)10-14)23-12-13-5-4-6-15(21)9-13/h4-6,9,12,14H,7-8,10H2,1-3H3/t14-/m0/s1. The zero-order valence-electron chi connectivity index (χ0n) is 14.3. The first kappa shape index (κ1) is 17.6. The number of hydrogen-bond donors (Lipinski definition) is 0. The van der Waals surface area contributed by atoms with Crippen molar-refractivity contribution in [3.63, 3.8) is 0 Å². The number of rotatable bonds is 2.